The molecule has 0 saturated heterocycles. The molecule has 0 fully saturated rings. The fourth-order valence-electron chi connectivity index (χ4n) is 0.780. The molecule has 0 N–H and O–H groups in total. The van der Waals surface area contributed by atoms with Gasteiger partial charge in [0.05, 0.1) is 0 Å². The average molecular weight is 221 g/mol. The zero-order valence-corrected chi connectivity index (χ0v) is 9.42. The van der Waals surface area contributed by atoms with Crippen molar-refractivity contribution >= 4 is 18.3 Å². The molecule has 0 amide bonds. The molecular formula is C9H11LiOSe. The fraction of sp³-hybridized carbons (Fsp3) is 0.222. The van der Waals surface area contributed by atoms with Crippen molar-refractivity contribution in [2.75, 3.05) is 0 Å². The Hall–Kier alpha value is 0.137. The molecule has 1 unspecified atom stereocenters. The van der Waals surface area contributed by atoms with Gasteiger partial charge in [-0.3, -0.25) is 0 Å². The molecular weight excluding hydrogens is 210 g/mol. The third kappa shape index (κ3) is 3.25. The maximum absolute atomic E-state index is 11.5. The summed E-state index contributed by atoms with van der Waals surface area (Å²) in [6.07, 6.45) is 0. The van der Waals surface area contributed by atoms with Gasteiger partial charge in [0, 0.05) is 0 Å². The first-order valence-electron chi connectivity index (χ1n) is 3.49. The predicted octanol–water partition coefficient (Wildman–Crippen LogP) is -1.53. The van der Waals surface area contributed by atoms with Crippen LogP contribution in [0.15, 0.2) is 30.3 Å². The van der Waals surface area contributed by atoms with Crippen LogP contribution in [0.25, 0.3) is 0 Å². The van der Waals surface area contributed by atoms with Crippen molar-refractivity contribution in [3.63, 3.8) is 0 Å². The van der Waals surface area contributed by atoms with Crippen molar-refractivity contribution in [2.45, 2.75) is 13.8 Å². The van der Waals surface area contributed by atoms with Gasteiger partial charge in [-0.2, -0.15) is 0 Å². The summed E-state index contributed by atoms with van der Waals surface area (Å²) in [7, 11) is 0. The van der Waals surface area contributed by atoms with E-state index in [2.05, 4.69) is 0 Å². The van der Waals surface area contributed by atoms with Gasteiger partial charge in [-0.15, -0.1) is 0 Å². The van der Waals surface area contributed by atoms with Gasteiger partial charge in [0.1, 0.15) is 0 Å². The van der Waals surface area contributed by atoms with Gasteiger partial charge in [-0.1, -0.05) is 0 Å². The van der Waals surface area contributed by atoms with Gasteiger partial charge in [0.15, 0.2) is 0 Å². The molecule has 0 saturated carbocycles. The number of hydrogen-bond donors (Lipinski definition) is 0. The van der Waals surface area contributed by atoms with Crippen LogP contribution in [-0.2, 0) is 3.83 Å². The van der Waals surface area contributed by atoms with Gasteiger partial charge in [-0.25, -0.2) is 0 Å². The van der Waals surface area contributed by atoms with Crippen LogP contribution in [-0.4, -0.2) is 13.8 Å². The van der Waals surface area contributed by atoms with Crippen LogP contribution in [0.4, 0.5) is 0 Å². The largest absolute Gasteiger partial charge is 1.00 e. The van der Waals surface area contributed by atoms with Crippen LogP contribution >= 0.6 is 0 Å². The summed E-state index contributed by atoms with van der Waals surface area (Å²) in [4.78, 5) is 1.04. The second kappa shape index (κ2) is 5.73. The Morgan fingerprint density at radius 1 is 1.17 bits per heavy atom. The molecule has 3 heteroatoms. The zero-order valence-electron chi connectivity index (χ0n) is 7.70. The van der Waals surface area contributed by atoms with Crippen LogP contribution in [0.5, 0.6) is 0 Å². The van der Waals surface area contributed by atoms with Gasteiger partial charge >= 0.3 is 90.0 Å². The Labute approximate surface area is 89.8 Å². The molecule has 1 aromatic carbocycles. The molecule has 0 aliphatic rings. The predicted molar refractivity (Wildman–Crippen MR) is 47.1 cm³/mol. The quantitative estimate of drug-likeness (QED) is 0.437. The Balaban J connectivity index is 0.00000121. The van der Waals surface area contributed by atoms with E-state index in [-0.39, 0.29) is 18.9 Å². The number of rotatable bonds is 2. The summed E-state index contributed by atoms with van der Waals surface area (Å²) >= 11 is -1.84. The van der Waals surface area contributed by atoms with Crippen molar-refractivity contribution < 1.29 is 22.7 Å². The molecule has 0 aliphatic heterocycles. The van der Waals surface area contributed by atoms with Gasteiger partial charge in [-0.05, 0) is 0 Å². The Kier molecular flexibility index (Phi) is 5.79. The number of benzene rings is 1. The normalized spacial score (nSPS) is 12.2. The third-order valence-corrected chi connectivity index (χ3v) is 4.35. The van der Waals surface area contributed by atoms with Crippen molar-refractivity contribution in [1.82, 2.24) is 0 Å². The van der Waals surface area contributed by atoms with Gasteiger partial charge < -0.3 is 0 Å². The third-order valence-electron chi connectivity index (χ3n) is 1.33. The first-order chi connectivity index (χ1) is 5.22. The minimum Gasteiger partial charge on any atom is 1.00 e. The van der Waals surface area contributed by atoms with Gasteiger partial charge in [0.25, 0.3) is 0 Å². The monoisotopic (exact) mass is 222 g/mol. The van der Waals surface area contributed by atoms with Crippen molar-refractivity contribution in [1.29, 1.82) is 0 Å². The van der Waals surface area contributed by atoms with Crippen LogP contribution in [0.1, 0.15) is 13.8 Å². The van der Waals surface area contributed by atoms with E-state index in [4.69, 9.17) is 0 Å². The van der Waals surface area contributed by atoms with Crippen molar-refractivity contribution in [3.05, 3.63) is 35.1 Å². The molecule has 0 spiro atoms. The molecule has 0 heterocycles. The Morgan fingerprint density at radius 3 is 2.08 bits per heavy atom. The topological polar surface area (TPSA) is 17.1 Å². The summed E-state index contributed by atoms with van der Waals surface area (Å²) in [6, 6.07) is 9.63. The van der Waals surface area contributed by atoms with E-state index >= 15 is 0 Å². The second-order valence-corrected chi connectivity index (χ2v) is 6.32. The smallest absolute Gasteiger partial charge is 1.00 e. The van der Waals surface area contributed by atoms with E-state index in [0.717, 1.165) is 9.28 Å². The molecule has 0 aromatic heterocycles. The minimum absolute atomic E-state index is 0. The first kappa shape index (κ1) is 12.1. The van der Waals surface area contributed by atoms with Crippen LogP contribution in [0.3, 0.4) is 0 Å². The molecule has 60 valence electrons. The molecule has 1 atom stereocenters. The summed E-state index contributed by atoms with van der Waals surface area (Å²) in [5.74, 6) is 0. The second-order valence-electron chi connectivity index (χ2n) is 2.49. The van der Waals surface area contributed by atoms with E-state index in [0.29, 0.717) is 0 Å². The van der Waals surface area contributed by atoms with Crippen LogP contribution in [0, 0.1) is 4.82 Å². The summed E-state index contributed by atoms with van der Waals surface area (Å²) in [5, 5.41) is 0. The summed E-state index contributed by atoms with van der Waals surface area (Å²) in [6.45, 7) is 3.84. The number of hydrogen-bond acceptors (Lipinski definition) is 1. The van der Waals surface area contributed by atoms with E-state index in [1.165, 1.54) is 0 Å². The maximum atomic E-state index is 11.5. The van der Waals surface area contributed by atoms with Crippen molar-refractivity contribution in [2.24, 2.45) is 0 Å². The summed E-state index contributed by atoms with van der Waals surface area (Å²) in [5.41, 5.74) is 0. The molecule has 1 nitrogen and oxygen atoms in total. The fourth-order valence-corrected chi connectivity index (χ4v) is 2.62. The molecule has 12 heavy (non-hydrogen) atoms. The molecule has 1 rings (SSSR count). The van der Waals surface area contributed by atoms with Crippen LogP contribution in [0.2, 0.25) is 0 Å². The van der Waals surface area contributed by atoms with E-state index < -0.39 is 13.8 Å². The zero-order chi connectivity index (χ0) is 8.27. The van der Waals surface area contributed by atoms with E-state index in [1.807, 2.05) is 44.2 Å². The molecule has 0 aliphatic carbocycles. The molecule has 0 radical (unpaired) electrons. The molecule has 0 bridgehead atoms. The SMILES string of the molecule is C[C-](C)[Se](=O)c1ccccc1.[Li+]. The van der Waals surface area contributed by atoms with Crippen molar-refractivity contribution in [3.8, 4) is 0 Å². The average Bonchev–Trinajstić information content (AvgIpc) is 2.05. The maximum Gasteiger partial charge on any atom is 1.00 e. The minimum atomic E-state index is -1.84. The van der Waals surface area contributed by atoms with E-state index in [1.54, 1.807) is 0 Å². The summed E-state index contributed by atoms with van der Waals surface area (Å²) < 4.78 is 12.5. The van der Waals surface area contributed by atoms with E-state index in [9.17, 15) is 3.83 Å². The van der Waals surface area contributed by atoms with Crippen LogP contribution < -0.4 is 23.3 Å². The Morgan fingerprint density at radius 2 is 1.67 bits per heavy atom. The molecule has 1 aromatic rings. The van der Waals surface area contributed by atoms with Gasteiger partial charge in [0.2, 0.25) is 0 Å². The Bertz CT molecular complexity index is 246. The first-order valence-corrected chi connectivity index (χ1v) is 5.90. The standard InChI is InChI=1S/C9H11OSe.Li/c1-8(2)11(10)9-6-4-3-5-7-9;/h3-7H,1-2H3;/q-1;+1.